The number of aromatic nitrogens is 2. The second-order valence-corrected chi connectivity index (χ2v) is 5.80. The van der Waals surface area contributed by atoms with Crippen molar-refractivity contribution in [2.45, 2.75) is 19.3 Å². The number of aryl methyl sites for hydroxylation is 2. The number of carbonyl (C=O) groups excluding carboxylic acids is 1. The molecule has 1 heterocycles. The summed E-state index contributed by atoms with van der Waals surface area (Å²) in [6.07, 6.45) is 2.83. The SMILES string of the molecule is COc1ccccc1CC(CNC(=O)CCc1ccnn1C)C(=O)O. The molecule has 0 aliphatic rings. The number of hydrogen-bond donors (Lipinski definition) is 2. The number of benzene rings is 1. The van der Waals surface area contributed by atoms with Crippen LogP contribution in [0.2, 0.25) is 0 Å². The molecule has 0 bridgehead atoms. The highest BCUT2D eigenvalue weighted by Gasteiger charge is 2.20. The van der Waals surface area contributed by atoms with Gasteiger partial charge in [-0.2, -0.15) is 5.10 Å². The van der Waals surface area contributed by atoms with Crippen LogP contribution >= 0.6 is 0 Å². The molecule has 7 heteroatoms. The number of carboxylic acids is 1. The standard InChI is InChI=1S/C18H23N3O4/c1-21-15(9-10-20-21)7-8-17(22)19-12-14(18(23)24)11-13-5-3-4-6-16(13)25-2/h3-6,9-10,14H,7-8,11-12H2,1-2H3,(H,19,22)(H,23,24). The van der Waals surface area contributed by atoms with Crippen LogP contribution in [-0.4, -0.2) is 40.4 Å². The maximum atomic E-state index is 12.0. The Morgan fingerprint density at radius 2 is 2.08 bits per heavy atom. The van der Waals surface area contributed by atoms with Gasteiger partial charge in [0.05, 0.1) is 13.0 Å². The maximum absolute atomic E-state index is 12.0. The van der Waals surface area contributed by atoms with E-state index in [1.165, 1.54) is 0 Å². The molecule has 0 fully saturated rings. The number of nitrogens with one attached hydrogen (secondary N) is 1. The topological polar surface area (TPSA) is 93.5 Å². The van der Waals surface area contributed by atoms with Crippen LogP contribution in [0.1, 0.15) is 17.7 Å². The van der Waals surface area contributed by atoms with Crippen molar-refractivity contribution in [1.29, 1.82) is 0 Å². The number of amides is 1. The average molecular weight is 345 g/mol. The van der Waals surface area contributed by atoms with Gasteiger partial charge in [-0.25, -0.2) is 0 Å². The molecule has 2 N–H and O–H groups in total. The zero-order chi connectivity index (χ0) is 18.2. The van der Waals surface area contributed by atoms with Crippen LogP contribution in [-0.2, 0) is 29.5 Å². The molecule has 25 heavy (non-hydrogen) atoms. The van der Waals surface area contributed by atoms with Gasteiger partial charge in [-0.3, -0.25) is 14.3 Å². The first-order valence-corrected chi connectivity index (χ1v) is 8.09. The van der Waals surface area contributed by atoms with Crippen molar-refractivity contribution in [3.63, 3.8) is 0 Å². The molecule has 134 valence electrons. The molecule has 2 aromatic rings. The molecule has 0 aliphatic carbocycles. The first kappa shape index (κ1) is 18.5. The predicted octanol–water partition coefficient (Wildman–Crippen LogP) is 1.42. The summed E-state index contributed by atoms with van der Waals surface area (Å²) in [5, 5.41) is 16.2. The molecule has 0 saturated carbocycles. The molecule has 7 nitrogen and oxygen atoms in total. The lowest BCUT2D eigenvalue weighted by Gasteiger charge is -2.15. The first-order chi connectivity index (χ1) is 12.0. The van der Waals surface area contributed by atoms with Gasteiger partial charge in [0.25, 0.3) is 0 Å². The summed E-state index contributed by atoms with van der Waals surface area (Å²) >= 11 is 0. The Hall–Kier alpha value is -2.83. The van der Waals surface area contributed by atoms with Crippen molar-refractivity contribution in [2.75, 3.05) is 13.7 Å². The summed E-state index contributed by atoms with van der Waals surface area (Å²) in [4.78, 5) is 23.5. The number of para-hydroxylation sites is 1. The molecular weight excluding hydrogens is 322 g/mol. The second kappa shape index (κ2) is 8.86. The summed E-state index contributed by atoms with van der Waals surface area (Å²) in [6, 6.07) is 9.15. The van der Waals surface area contributed by atoms with Gasteiger partial charge in [-0.1, -0.05) is 18.2 Å². The molecule has 1 aromatic heterocycles. The van der Waals surface area contributed by atoms with E-state index in [1.807, 2.05) is 31.3 Å². The van der Waals surface area contributed by atoms with Gasteiger partial charge < -0.3 is 15.2 Å². The number of ether oxygens (including phenoxy) is 1. The predicted molar refractivity (Wildman–Crippen MR) is 92.4 cm³/mol. The number of aliphatic carboxylic acids is 1. The van der Waals surface area contributed by atoms with E-state index < -0.39 is 11.9 Å². The van der Waals surface area contributed by atoms with Gasteiger partial charge in [0, 0.05) is 31.9 Å². The Kier molecular flexibility index (Phi) is 6.56. The van der Waals surface area contributed by atoms with E-state index in [0.717, 1.165) is 11.3 Å². The van der Waals surface area contributed by atoms with E-state index in [9.17, 15) is 14.7 Å². The lowest BCUT2D eigenvalue weighted by atomic mass is 9.98. The van der Waals surface area contributed by atoms with Crippen LogP contribution in [0.4, 0.5) is 0 Å². The smallest absolute Gasteiger partial charge is 0.308 e. The van der Waals surface area contributed by atoms with Crippen molar-refractivity contribution in [3.8, 4) is 5.75 Å². The fourth-order valence-corrected chi connectivity index (χ4v) is 2.60. The van der Waals surface area contributed by atoms with Gasteiger partial charge in [0.1, 0.15) is 5.75 Å². The van der Waals surface area contributed by atoms with Crippen LogP contribution in [0, 0.1) is 5.92 Å². The third-order valence-corrected chi connectivity index (χ3v) is 4.08. The van der Waals surface area contributed by atoms with Crippen LogP contribution in [0.3, 0.4) is 0 Å². The monoisotopic (exact) mass is 345 g/mol. The number of nitrogens with zero attached hydrogens (tertiary/aromatic N) is 2. The van der Waals surface area contributed by atoms with E-state index in [-0.39, 0.29) is 12.5 Å². The number of hydrogen-bond acceptors (Lipinski definition) is 4. The molecule has 1 atom stereocenters. The third kappa shape index (κ3) is 5.34. The van der Waals surface area contributed by atoms with Crippen molar-refractivity contribution >= 4 is 11.9 Å². The molecule has 0 spiro atoms. The number of carbonyl (C=O) groups is 2. The van der Waals surface area contributed by atoms with Crippen LogP contribution in [0.15, 0.2) is 36.5 Å². The Labute approximate surface area is 146 Å². The van der Waals surface area contributed by atoms with Crippen molar-refractivity contribution in [2.24, 2.45) is 13.0 Å². The highest BCUT2D eigenvalue weighted by molar-refractivity contribution is 5.77. The summed E-state index contributed by atoms with van der Waals surface area (Å²) < 4.78 is 6.97. The lowest BCUT2D eigenvalue weighted by Crippen LogP contribution is -2.34. The molecule has 0 radical (unpaired) electrons. The zero-order valence-corrected chi connectivity index (χ0v) is 14.4. The molecule has 2 rings (SSSR count). The quantitative estimate of drug-likeness (QED) is 0.717. The van der Waals surface area contributed by atoms with Crippen molar-refractivity contribution in [1.82, 2.24) is 15.1 Å². The number of carboxylic acid groups (broad SMARTS) is 1. The fourth-order valence-electron chi connectivity index (χ4n) is 2.60. The number of rotatable bonds is 9. The van der Waals surface area contributed by atoms with Gasteiger partial charge in [-0.15, -0.1) is 0 Å². The van der Waals surface area contributed by atoms with Gasteiger partial charge >= 0.3 is 5.97 Å². The Bertz CT molecular complexity index is 727. The normalized spacial score (nSPS) is 11.8. The molecule has 0 aliphatic heterocycles. The van der Waals surface area contributed by atoms with Crippen LogP contribution in [0.5, 0.6) is 5.75 Å². The Morgan fingerprint density at radius 1 is 1.32 bits per heavy atom. The van der Waals surface area contributed by atoms with E-state index >= 15 is 0 Å². The van der Waals surface area contributed by atoms with Crippen molar-refractivity contribution in [3.05, 3.63) is 47.8 Å². The van der Waals surface area contributed by atoms with Crippen molar-refractivity contribution < 1.29 is 19.4 Å². The largest absolute Gasteiger partial charge is 0.496 e. The summed E-state index contributed by atoms with van der Waals surface area (Å²) in [6.45, 7) is 0.0810. The first-order valence-electron chi connectivity index (χ1n) is 8.09. The van der Waals surface area contributed by atoms with Gasteiger partial charge in [0.15, 0.2) is 0 Å². The molecule has 0 saturated heterocycles. The van der Waals surface area contributed by atoms with E-state index in [2.05, 4.69) is 10.4 Å². The summed E-state index contributed by atoms with van der Waals surface area (Å²) in [5.41, 5.74) is 1.76. The summed E-state index contributed by atoms with van der Waals surface area (Å²) in [5.74, 6) is -1.18. The van der Waals surface area contributed by atoms with Gasteiger partial charge in [-0.05, 0) is 30.5 Å². The van der Waals surface area contributed by atoms with E-state index in [1.54, 1.807) is 24.1 Å². The fraction of sp³-hybridized carbons (Fsp3) is 0.389. The molecule has 1 amide bonds. The zero-order valence-electron chi connectivity index (χ0n) is 14.4. The molecular formula is C18H23N3O4. The van der Waals surface area contributed by atoms with Gasteiger partial charge in [0.2, 0.25) is 5.91 Å². The lowest BCUT2D eigenvalue weighted by molar-refractivity contribution is -0.141. The summed E-state index contributed by atoms with van der Waals surface area (Å²) in [7, 11) is 3.37. The minimum Gasteiger partial charge on any atom is -0.496 e. The van der Waals surface area contributed by atoms with Crippen LogP contribution in [0.25, 0.3) is 0 Å². The molecule has 1 aromatic carbocycles. The Morgan fingerprint density at radius 3 is 2.72 bits per heavy atom. The maximum Gasteiger partial charge on any atom is 0.308 e. The Balaban J connectivity index is 1.87. The highest BCUT2D eigenvalue weighted by Crippen LogP contribution is 2.21. The van der Waals surface area contributed by atoms with E-state index in [4.69, 9.17) is 4.74 Å². The highest BCUT2D eigenvalue weighted by atomic mass is 16.5. The number of methoxy groups -OCH3 is 1. The molecule has 1 unspecified atom stereocenters. The minimum atomic E-state index is -0.946. The second-order valence-electron chi connectivity index (χ2n) is 5.80. The van der Waals surface area contributed by atoms with Crippen LogP contribution < -0.4 is 10.1 Å². The van der Waals surface area contributed by atoms with E-state index in [0.29, 0.717) is 25.0 Å². The minimum absolute atomic E-state index is 0.0810. The third-order valence-electron chi connectivity index (χ3n) is 4.08. The average Bonchev–Trinajstić information content (AvgIpc) is 3.01.